The van der Waals surface area contributed by atoms with E-state index in [-0.39, 0.29) is 11.6 Å². The lowest BCUT2D eigenvalue weighted by Crippen LogP contribution is -2.14. The smallest absolute Gasteiger partial charge is 0.275 e. The molecule has 2 aromatic heterocycles. The summed E-state index contributed by atoms with van der Waals surface area (Å²) in [5.74, 6) is 0.103. The number of rotatable bonds is 2. The number of halogens is 2. The van der Waals surface area contributed by atoms with Crippen molar-refractivity contribution in [3.05, 3.63) is 63.9 Å². The van der Waals surface area contributed by atoms with Crippen LogP contribution in [0.2, 0.25) is 5.02 Å². The number of anilines is 1. The van der Waals surface area contributed by atoms with Crippen molar-refractivity contribution in [2.75, 3.05) is 5.32 Å². The van der Waals surface area contributed by atoms with Gasteiger partial charge in [0.1, 0.15) is 11.5 Å². The van der Waals surface area contributed by atoms with Crippen molar-refractivity contribution in [3.8, 4) is 0 Å². The van der Waals surface area contributed by atoms with Crippen LogP contribution in [0.5, 0.6) is 0 Å². The minimum absolute atomic E-state index is 0.253. The van der Waals surface area contributed by atoms with E-state index in [1.807, 2.05) is 24.3 Å². The van der Waals surface area contributed by atoms with Gasteiger partial charge in [-0.3, -0.25) is 4.79 Å². The first-order chi connectivity index (χ1) is 10.1. The largest absolute Gasteiger partial charge is 0.305 e. The number of nitrogens with one attached hydrogen (secondary N) is 1. The Kier molecular flexibility index (Phi) is 3.86. The average Bonchev–Trinajstić information content (AvgIpc) is 2.49. The van der Waals surface area contributed by atoms with Crippen LogP contribution < -0.4 is 5.32 Å². The molecule has 1 amide bonds. The second-order valence-electron chi connectivity index (χ2n) is 4.32. The normalized spacial score (nSPS) is 10.6. The average molecular weight is 363 g/mol. The van der Waals surface area contributed by atoms with Gasteiger partial charge in [-0.05, 0) is 40.2 Å². The van der Waals surface area contributed by atoms with E-state index in [4.69, 9.17) is 11.6 Å². The zero-order chi connectivity index (χ0) is 14.8. The third kappa shape index (κ3) is 3.04. The second kappa shape index (κ2) is 5.79. The molecule has 6 heteroatoms. The minimum atomic E-state index is -0.350. The Balaban J connectivity index is 1.92. The van der Waals surface area contributed by atoms with Crippen LogP contribution in [0.25, 0.3) is 10.9 Å². The predicted molar refractivity (Wildman–Crippen MR) is 86.6 cm³/mol. The van der Waals surface area contributed by atoms with Crippen molar-refractivity contribution in [3.63, 3.8) is 0 Å². The summed E-state index contributed by atoms with van der Waals surface area (Å²) in [5, 5.41) is 4.00. The fourth-order valence-corrected chi connectivity index (χ4v) is 2.38. The van der Waals surface area contributed by atoms with Crippen LogP contribution in [0.4, 0.5) is 5.82 Å². The van der Waals surface area contributed by atoms with Gasteiger partial charge in [-0.2, -0.15) is 0 Å². The van der Waals surface area contributed by atoms with E-state index in [2.05, 4.69) is 31.2 Å². The number of amides is 1. The summed E-state index contributed by atoms with van der Waals surface area (Å²) in [6, 6.07) is 12.5. The van der Waals surface area contributed by atoms with Gasteiger partial charge in [0.05, 0.1) is 10.5 Å². The molecule has 0 spiro atoms. The summed E-state index contributed by atoms with van der Waals surface area (Å²) >= 11 is 9.48. The molecule has 1 aromatic carbocycles. The molecule has 0 bridgehead atoms. The number of nitrogens with zero attached hydrogens (tertiary/aromatic N) is 2. The first-order valence-corrected chi connectivity index (χ1v) is 7.29. The van der Waals surface area contributed by atoms with Crippen molar-refractivity contribution in [1.82, 2.24) is 9.97 Å². The molecule has 104 valence electrons. The van der Waals surface area contributed by atoms with E-state index >= 15 is 0 Å². The minimum Gasteiger partial charge on any atom is -0.305 e. The molecule has 3 rings (SSSR count). The lowest BCUT2D eigenvalue weighted by molar-refractivity contribution is 0.102. The molecule has 0 atom stereocenters. The van der Waals surface area contributed by atoms with Gasteiger partial charge in [-0.1, -0.05) is 29.8 Å². The molecule has 0 fully saturated rings. The second-order valence-corrected chi connectivity index (χ2v) is 5.65. The van der Waals surface area contributed by atoms with Gasteiger partial charge < -0.3 is 5.32 Å². The highest BCUT2D eigenvalue weighted by Gasteiger charge is 2.11. The summed E-state index contributed by atoms with van der Waals surface area (Å²) in [7, 11) is 0. The highest BCUT2D eigenvalue weighted by Crippen LogP contribution is 2.23. The molecule has 0 saturated carbocycles. The summed E-state index contributed by atoms with van der Waals surface area (Å²) < 4.78 is 0.840. The quantitative estimate of drug-likeness (QED) is 0.739. The SMILES string of the molecule is O=C(Nc1ccc(Br)cn1)c1cc(Cl)c2ccccc2n1. The van der Waals surface area contributed by atoms with Gasteiger partial charge in [-0.15, -0.1) is 0 Å². The summed E-state index contributed by atoms with van der Waals surface area (Å²) in [6.45, 7) is 0. The maximum atomic E-state index is 12.2. The first kappa shape index (κ1) is 14.0. The molecule has 0 aliphatic carbocycles. The molecule has 0 aliphatic rings. The summed E-state index contributed by atoms with van der Waals surface area (Å²) in [4.78, 5) is 20.6. The highest BCUT2D eigenvalue weighted by molar-refractivity contribution is 9.10. The van der Waals surface area contributed by atoms with E-state index in [0.717, 1.165) is 9.86 Å². The van der Waals surface area contributed by atoms with E-state index in [1.54, 1.807) is 24.4 Å². The lowest BCUT2D eigenvalue weighted by Gasteiger charge is -2.06. The molecule has 0 aliphatic heterocycles. The van der Waals surface area contributed by atoms with Crippen LogP contribution in [-0.4, -0.2) is 15.9 Å². The molecule has 4 nitrogen and oxygen atoms in total. The van der Waals surface area contributed by atoms with Crippen molar-refractivity contribution in [2.24, 2.45) is 0 Å². The zero-order valence-electron chi connectivity index (χ0n) is 10.7. The number of fused-ring (bicyclic) bond motifs is 1. The highest BCUT2D eigenvalue weighted by atomic mass is 79.9. The molecule has 21 heavy (non-hydrogen) atoms. The van der Waals surface area contributed by atoms with Gasteiger partial charge in [0.25, 0.3) is 5.91 Å². The molecular weight excluding hydrogens is 354 g/mol. The maximum Gasteiger partial charge on any atom is 0.275 e. The van der Waals surface area contributed by atoms with Gasteiger partial charge in [0, 0.05) is 16.1 Å². The molecule has 0 saturated heterocycles. The van der Waals surface area contributed by atoms with E-state index in [1.165, 1.54) is 0 Å². The number of pyridine rings is 2. The molecule has 3 aromatic rings. The Labute approximate surface area is 134 Å². The Morgan fingerprint density at radius 1 is 1.19 bits per heavy atom. The number of carbonyl (C=O) groups excluding carboxylic acids is 1. The Bertz CT molecular complexity index is 821. The van der Waals surface area contributed by atoms with Crippen LogP contribution in [0.1, 0.15) is 10.5 Å². The first-order valence-electron chi connectivity index (χ1n) is 6.12. The number of aromatic nitrogens is 2. The maximum absolute atomic E-state index is 12.2. The Morgan fingerprint density at radius 3 is 2.76 bits per heavy atom. The van der Waals surface area contributed by atoms with E-state index in [0.29, 0.717) is 16.4 Å². The van der Waals surface area contributed by atoms with Crippen LogP contribution >= 0.6 is 27.5 Å². The van der Waals surface area contributed by atoms with Crippen LogP contribution in [0.3, 0.4) is 0 Å². The number of hydrogen-bond donors (Lipinski definition) is 1. The van der Waals surface area contributed by atoms with Crippen molar-refractivity contribution in [1.29, 1.82) is 0 Å². The molecule has 1 N–H and O–H groups in total. The van der Waals surface area contributed by atoms with Gasteiger partial charge in [-0.25, -0.2) is 9.97 Å². The third-order valence-corrected chi connectivity index (χ3v) is 3.65. The number of para-hydroxylation sites is 1. The standard InChI is InChI=1S/C15H9BrClN3O/c16-9-5-6-14(18-8-9)20-15(21)13-7-11(17)10-3-1-2-4-12(10)19-13/h1-8H,(H,18,20,21). The number of carbonyl (C=O) groups is 1. The van der Waals surface area contributed by atoms with E-state index in [9.17, 15) is 4.79 Å². The molecule has 0 unspecified atom stereocenters. The fourth-order valence-electron chi connectivity index (χ4n) is 1.88. The number of benzene rings is 1. The molecule has 2 heterocycles. The van der Waals surface area contributed by atoms with Gasteiger partial charge in [0.2, 0.25) is 0 Å². The van der Waals surface area contributed by atoms with Gasteiger partial charge >= 0.3 is 0 Å². The lowest BCUT2D eigenvalue weighted by atomic mass is 10.2. The van der Waals surface area contributed by atoms with Crippen molar-refractivity contribution in [2.45, 2.75) is 0 Å². The topological polar surface area (TPSA) is 54.9 Å². The van der Waals surface area contributed by atoms with Crippen LogP contribution in [0.15, 0.2) is 53.1 Å². The fraction of sp³-hybridized carbons (Fsp3) is 0. The number of hydrogen-bond acceptors (Lipinski definition) is 3. The zero-order valence-corrected chi connectivity index (χ0v) is 13.0. The molecule has 0 radical (unpaired) electrons. The third-order valence-electron chi connectivity index (χ3n) is 2.87. The Hall–Kier alpha value is -1.98. The van der Waals surface area contributed by atoms with Crippen LogP contribution in [0, 0.1) is 0 Å². The monoisotopic (exact) mass is 361 g/mol. The van der Waals surface area contributed by atoms with Gasteiger partial charge in [0.15, 0.2) is 0 Å². The van der Waals surface area contributed by atoms with Crippen LogP contribution in [-0.2, 0) is 0 Å². The van der Waals surface area contributed by atoms with Crippen molar-refractivity contribution >= 4 is 50.2 Å². The predicted octanol–water partition coefficient (Wildman–Crippen LogP) is 4.30. The van der Waals surface area contributed by atoms with E-state index < -0.39 is 0 Å². The summed E-state index contributed by atoms with van der Waals surface area (Å²) in [5.41, 5.74) is 0.933. The Morgan fingerprint density at radius 2 is 2.00 bits per heavy atom. The molecular formula is C15H9BrClN3O. The summed E-state index contributed by atoms with van der Waals surface area (Å²) in [6.07, 6.45) is 1.61. The van der Waals surface area contributed by atoms with Crippen molar-refractivity contribution < 1.29 is 4.79 Å².